The zero-order chi connectivity index (χ0) is 13.7. The van der Waals surface area contributed by atoms with Crippen LogP contribution in [0.4, 0.5) is 0 Å². The van der Waals surface area contributed by atoms with Gasteiger partial charge in [0.1, 0.15) is 5.75 Å². The van der Waals surface area contributed by atoms with Crippen molar-refractivity contribution in [1.82, 2.24) is 4.90 Å². The van der Waals surface area contributed by atoms with E-state index in [9.17, 15) is 4.79 Å². The fourth-order valence-corrected chi connectivity index (χ4v) is 2.09. The van der Waals surface area contributed by atoms with E-state index in [0.29, 0.717) is 0 Å². The van der Waals surface area contributed by atoms with Gasteiger partial charge < -0.3 is 14.7 Å². The predicted molar refractivity (Wildman–Crippen MR) is 71.3 cm³/mol. The first-order valence-electron chi connectivity index (χ1n) is 5.95. The van der Waals surface area contributed by atoms with Gasteiger partial charge in [0, 0.05) is 12.5 Å². The number of carboxylic acids is 1. The van der Waals surface area contributed by atoms with Gasteiger partial charge in [0.2, 0.25) is 0 Å². The van der Waals surface area contributed by atoms with Gasteiger partial charge in [-0.15, -0.1) is 0 Å². The summed E-state index contributed by atoms with van der Waals surface area (Å²) in [6, 6.07) is 5.86. The highest BCUT2D eigenvalue weighted by Gasteiger charge is 2.17. The number of aryl methyl sites for hydroxylation is 1. The van der Waals surface area contributed by atoms with E-state index < -0.39 is 5.97 Å². The Morgan fingerprint density at radius 2 is 2.11 bits per heavy atom. The topological polar surface area (TPSA) is 49.8 Å². The number of hydrogen-bond acceptors (Lipinski definition) is 3. The van der Waals surface area contributed by atoms with Crippen LogP contribution < -0.4 is 4.74 Å². The summed E-state index contributed by atoms with van der Waals surface area (Å²) in [4.78, 5) is 12.9. The van der Waals surface area contributed by atoms with Gasteiger partial charge in [-0.25, -0.2) is 0 Å². The maximum atomic E-state index is 10.9. The molecule has 0 bridgehead atoms. The van der Waals surface area contributed by atoms with Gasteiger partial charge in [0.05, 0.1) is 13.5 Å². The van der Waals surface area contributed by atoms with Gasteiger partial charge in [-0.05, 0) is 38.2 Å². The average Bonchev–Trinajstić information content (AvgIpc) is 2.26. The van der Waals surface area contributed by atoms with Crippen molar-refractivity contribution in [3.63, 3.8) is 0 Å². The van der Waals surface area contributed by atoms with Gasteiger partial charge in [-0.1, -0.05) is 12.1 Å². The molecule has 4 heteroatoms. The lowest BCUT2D eigenvalue weighted by Crippen LogP contribution is -2.22. The smallest absolute Gasteiger partial charge is 0.304 e. The lowest BCUT2D eigenvalue weighted by Gasteiger charge is -2.20. The summed E-state index contributed by atoms with van der Waals surface area (Å²) < 4.78 is 5.22. The standard InChI is InChI=1S/C14H21NO3/c1-10-7-11(5-6-13(10)18-4)12(8-14(16)17)9-15(2)3/h5-7,12H,8-9H2,1-4H3,(H,16,17). The summed E-state index contributed by atoms with van der Waals surface area (Å²) >= 11 is 0. The predicted octanol–water partition coefficient (Wildman–Crippen LogP) is 2.12. The number of nitrogens with zero attached hydrogens (tertiary/aromatic N) is 1. The fraction of sp³-hybridized carbons (Fsp3) is 0.500. The summed E-state index contributed by atoms with van der Waals surface area (Å²) in [6.45, 7) is 2.69. The van der Waals surface area contributed by atoms with E-state index in [-0.39, 0.29) is 12.3 Å². The average molecular weight is 251 g/mol. The molecule has 0 aliphatic rings. The summed E-state index contributed by atoms with van der Waals surface area (Å²) in [5.74, 6) is 0.0649. The van der Waals surface area contributed by atoms with Crippen LogP contribution in [0.1, 0.15) is 23.5 Å². The van der Waals surface area contributed by atoms with Crippen molar-refractivity contribution < 1.29 is 14.6 Å². The molecular formula is C14H21NO3. The first-order chi connectivity index (χ1) is 8.43. The van der Waals surface area contributed by atoms with Crippen LogP contribution >= 0.6 is 0 Å². The minimum atomic E-state index is -0.768. The fourth-order valence-electron chi connectivity index (χ4n) is 2.09. The molecular weight excluding hydrogens is 230 g/mol. The van der Waals surface area contributed by atoms with Crippen molar-refractivity contribution in [2.75, 3.05) is 27.7 Å². The second kappa shape index (κ2) is 6.40. The maximum Gasteiger partial charge on any atom is 0.304 e. The van der Waals surface area contributed by atoms with Crippen molar-refractivity contribution >= 4 is 5.97 Å². The maximum absolute atomic E-state index is 10.9. The second-order valence-electron chi connectivity index (χ2n) is 4.79. The molecule has 1 atom stereocenters. The number of hydrogen-bond donors (Lipinski definition) is 1. The Labute approximate surface area is 108 Å². The van der Waals surface area contributed by atoms with Crippen molar-refractivity contribution in [3.8, 4) is 5.75 Å². The molecule has 0 aliphatic carbocycles. The molecule has 1 rings (SSSR count). The Morgan fingerprint density at radius 3 is 2.56 bits per heavy atom. The highest BCUT2D eigenvalue weighted by molar-refractivity contribution is 5.68. The molecule has 0 heterocycles. The Kier molecular flexibility index (Phi) is 5.16. The van der Waals surface area contributed by atoms with Crippen LogP contribution in [-0.2, 0) is 4.79 Å². The third-order valence-corrected chi connectivity index (χ3v) is 2.90. The third kappa shape index (κ3) is 4.04. The van der Waals surface area contributed by atoms with E-state index in [2.05, 4.69) is 0 Å². The highest BCUT2D eigenvalue weighted by Crippen LogP contribution is 2.26. The molecule has 0 fully saturated rings. The number of carbonyl (C=O) groups is 1. The van der Waals surface area contributed by atoms with Crippen LogP contribution in [0.2, 0.25) is 0 Å². The Bertz CT molecular complexity index is 416. The lowest BCUT2D eigenvalue weighted by atomic mass is 9.93. The molecule has 0 amide bonds. The molecule has 1 N–H and O–H groups in total. The van der Waals surface area contributed by atoms with E-state index in [0.717, 1.165) is 23.4 Å². The molecule has 18 heavy (non-hydrogen) atoms. The number of ether oxygens (including phenoxy) is 1. The van der Waals surface area contributed by atoms with Crippen molar-refractivity contribution in [1.29, 1.82) is 0 Å². The van der Waals surface area contributed by atoms with Crippen LogP contribution in [0, 0.1) is 6.92 Å². The van der Waals surface area contributed by atoms with E-state index in [1.165, 1.54) is 0 Å². The molecule has 0 saturated heterocycles. The SMILES string of the molecule is COc1ccc(C(CC(=O)O)CN(C)C)cc1C. The zero-order valence-electron chi connectivity index (χ0n) is 11.4. The van der Waals surface area contributed by atoms with Gasteiger partial charge in [-0.3, -0.25) is 4.79 Å². The van der Waals surface area contributed by atoms with E-state index in [4.69, 9.17) is 9.84 Å². The number of rotatable bonds is 6. The Balaban J connectivity index is 2.97. The summed E-state index contributed by atoms with van der Waals surface area (Å²) in [5.41, 5.74) is 2.08. The number of likely N-dealkylation sites (N-methyl/N-ethyl adjacent to an activating group) is 1. The number of methoxy groups -OCH3 is 1. The molecule has 4 nitrogen and oxygen atoms in total. The van der Waals surface area contributed by atoms with E-state index in [1.54, 1.807) is 7.11 Å². The monoisotopic (exact) mass is 251 g/mol. The zero-order valence-corrected chi connectivity index (χ0v) is 11.4. The highest BCUT2D eigenvalue weighted by atomic mass is 16.5. The Hall–Kier alpha value is -1.55. The van der Waals surface area contributed by atoms with Crippen LogP contribution in [0.25, 0.3) is 0 Å². The van der Waals surface area contributed by atoms with Crippen LogP contribution in [0.3, 0.4) is 0 Å². The molecule has 0 radical (unpaired) electrons. The van der Waals surface area contributed by atoms with Crippen molar-refractivity contribution in [2.45, 2.75) is 19.3 Å². The number of benzene rings is 1. The van der Waals surface area contributed by atoms with E-state index in [1.807, 2.05) is 44.1 Å². The third-order valence-electron chi connectivity index (χ3n) is 2.90. The minimum absolute atomic E-state index is 0.00195. The van der Waals surface area contributed by atoms with Crippen LogP contribution in [-0.4, -0.2) is 43.7 Å². The normalized spacial score (nSPS) is 12.5. The largest absolute Gasteiger partial charge is 0.496 e. The molecule has 0 saturated carbocycles. The summed E-state index contributed by atoms with van der Waals surface area (Å²) in [5, 5.41) is 8.98. The van der Waals surface area contributed by atoms with Gasteiger partial charge >= 0.3 is 5.97 Å². The van der Waals surface area contributed by atoms with Crippen molar-refractivity contribution in [2.24, 2.45) is 0 Å². The molecule has 1 aromatic carbocycles. The number of aliphatic carboxylic acids is 1. The minimum Gasteiger partial charge on any atom is -0.496 e. The van der Waals surface area contributed by atoms with Crippen molar-refractivity contribution in [3.05, 3.63) is 29.3 Å². The first-order valence-corrected chi connectivity index (χ1v) is 5.95. The molecule has 0 aliphatic heterocycles. The Morgan fingerprint density at radius 1 is 1.44 bits per heavy atom. The molecule has 0 aromatic heterocycles. The molecule has 1 aromatic rings. The van der Waals surface area contributed by atoms with E-state index >= 15 is 0 Å². The summed E-state index contributed by atoms with van der Waals surface area (Å²) in [6.07, 6.45) is 0.143. The molecule has 0 spiro atoms. The van der Waals surface area contributed by atoms with Gasteiger partial charge in [0.25, 0.3) is 0 Å². The quantitative estimate of drug-likeness (QED) is 0.841. The van der Waals surface area contributed by atoms with Crippen LogP contribution in [0.5, 0.6) is 5.75 Å². The molecule has 1 unspecified atom stereocenters. The lowest BCUT2D eigenvalue weighted by molar-refractivity contribution is -0.137. The van der Waals surface area contributed by atoms with Crippen LogP contribution in [0.15, 0.2) is 18.2 Å². The van der Waals surface area contributed by atoms with Gasteiger partial charge in [0.15, 0.2) is 0 Å². The second-order valence-corrected chi connectivity index (χ2v) is 4.79. The number of carboxylic acid groups (broad SMARTS) is 1. The summed E-state index contributed by atoms with van der Waals surface area (Å²) in [7, 11) is 5.53. The first kappa shape index (κ1) is 14.5. The molecule has 100 valence electrons. The van der Waals surface area contributed by atoms with Gasteiger partial charge in [-0.2, -0.15) is 0 Å².